The normalized spacial score (nSPS) is 11.1. The summed E-state index contributed by atoms with van der Waals surface area (Å²) in [6, 6.07) is 0. The molecule has 0 aliphatic rings. The van der Waals surface area contributed by atoms with Crippen molar-refractivity contribution in [3.8, 4) is 0 Å². The molecule has 0 spiro atoms. The Morgan fingerprint density at radius 1 is 1.58 bits per heavy atom. The Labute approximate surface area is 70.0 Å². The van der Waals surface area contributed by atoms with Crippen molar-refractivity contribution in [3.05, 3.63) is 24.4 Å². The molecule has 0 unspecified atom stereocenters. The van der Waals surface area contributed by atoms with E-state index in [0.717, 1.165) is 18.6 Å². The highest BCUT2D eigenvalue weighted by Crippen LogP contribution is 2.09. The predicted molar refractivity (Wildman–Crippen MR) is 44.8 cm³/mol. The maximum Gasteiger partial charge on any atom is 0.305 e. The first-order chi connectivity index (χ1) is 5.90. The van der Waals surface area contributed by atoms with Crippen molar-refractivity contribution >= 4 is 5.84 Å². The molecule has 4 heteroatoms. The molecule has 12 heavy (non-hydrogen) atoms. The molecule has 0 aliphatic heterocycles. The molecular weight excluding hydrogens is 154 g/mol. The molecular formula is C8H11N3O. The van der Waals surface area contributed by atoms with Gasteiger partial charge in [-0.2, -0.15) is 0 Å². The van der Waals surface area contributed by atoms with E-state index in [1.165, 1.54) is 0 Å². The zero-order valence-corrected chi connectivity index (χ0v) is 6.73. The van der Waals surface area contributed by atoms with Gasteiger partial charge in [-0.3, -0.25) is 4.40 Å². The highest BCUT2D eigenvalue weighted by Gasteiger charge is 2.02. The zero-order chi connectivity index (χ0) is 8.39. The van der Waals surface area contributed by atoms with Gasteiger partial charge >= 0.3 is 5.84 Å². The van der Waals surface area contributed by atoms with Crippen LogP contribution in [-0.2, 0) is 6.42 Å². The van der Waals surface area contributed by atoms with Crippen LogP contribution >= 0.6 is 0 Å². The predicted octanol–water partition coefficient (Wildman–Crippen LogP) is 0.819. The summed E-state index contributed by atoms with van der Waals surface area (Å²) in [5.41, 5.74) is 5.38. The summed E-state index contributed by atoms with van der Waals surface area (Å²) in [5.74, 6) is 1.60. The Morgan fingerprint density at radius 2 is 2.50 bits per heavy atom. The minimum absolute atomic E-state index is 0.655. The van der Waals surface area contributed by atoms with Crippen LogP contribution in [-0.4, -0.2) is 15.9 Å². The van der Waals surface area contributed by atoms with Crippen LogP contribution in [0.5, 0.6) is 0 Å². The Kier molecular flexibility index (Phi) is 1.83. The molecule has 0 aromatic carbocycles. The molecule has 2 aromatic rings. The fraction of sp³-hybridized carbons (Fsp3) is 0.375. The van der Waals surface area contributed by atoms with Gasteiger partial charge in [0.05, 0.1) is 6.20 Å². The highest BCUT2D eigenvalue weighted by atomic mass is 16.4. The molecule has 2 N–H and O–H groups in total. The van der Waals surface area contributed by atoms with Crippen LogP contribution in [0.2, 0.25) is 0 Å². The molecule has 0 radical (unpaired) electrons. The van der Waals surface area contributed by atoms with E-state index >= 15 is 0 Å². The van der Waals surface area contributed by atoms with E-state index < -0.39 is 0 Å². The molecule has 0 fully saturated rings. The molecule has 64 valence electrons. The maximum absolute atomic E-state index is 5.41. The number of nitrogens with zero attached hydrogens (tertiary/aromatic N) is 2. The molecule has 0 atom stereocenters. The van der Waals surface area contributed by atoms with E-state index in [4.69, 9.17) is 10.2 Å². The number of aromatic nitrogens is 2. The van der Waals surface area contributed by atoms with Crippen molar-refractivity contribution in [3.63, 3.8) is 0 Å². The van der Waals surface area contributed by atoms with Crippen LogP contribution < -0.4 is 5.73 Å². The minimum Gasteiger partial charge on any atom is -0.428 e. The van der Waals surface area contributed by atoms with Gasteiger partial charge < -0.3 is 10.2 Å². The summed E-state index contributed by atoms with van der Waals surface area (Å²) in [4.78, 5) is 4.01. The van der Waals surface area contributed by atoms with Gasteiger partial charge in [0, 0.05) is 18.8 Å². The second kappa shape index (κ2) is 2.98. The lowest BCUT2D eigenvalue weighted by atomic mass is 10.3. The van der Waals surface area contributed by atoms with Crippen molar-refractivity contribution in [2.45, 2.75) is 12.8 Å². The van der Waals surface area contributed by atoms with Gasteiger partial charge in [0.1, 0.15) is 5.76 Å². The second-order valence-electron chi connectivity index (χ2n) is 2.71. The average molecular weight is 165 g/mol. The number of rotatable bonds is 3. The third-order valence-electron chi connectivity index (χ3n) is 1.77. The summed E-state index contributed by atoms with van der Waals surface area (Å²) in [7, 11) is 0. The Balaban J connectivity index is 2.21. The quantitative estimate of drug-likeness (QED) is 0.732. The summed E-state index contributed by atoms with van der Waals surface area (Å²) in [6.07, 6.45) is 7.37. The highest BCUT2D eigenvalue weighted by molar-refractivity contribution is 5.24. The molecule has 0 aliphatic carbocycles. The Bertz CT molecular complexity index is 334. The third-order valence-corrected chi connectivity index (χ3v) is 1.77. The molecule has 2 aromatic heterocycles. The first-order valence-corrected chi connectivity index (χ1v) is 4.01. The number of hydrogen-bond donors (Lipinski definition) is 1. The molecule has 4 nitrogen and oxygen atoms in total. The van der Waals surface area contributed by atoms with Crippen molar-refractivity contribution < 1.29 is 4.42 Å². The van der Waals surface area contributed by atoms with Gasteiger partial charge in [-0.25, -0.2) is 4.98 Å². The monoisotopic (exact) mass is 165 g/mol. The van der Waals surface area contributed by atoms with E-state index in [-0.39, 0.29) is 0 Å². The van der Waals surface area contributed by atoms with Crippen LogP contribution in [0.1, 0.15) is 12.2 Å². The standard InChI is InChI=1S/C8H11N3O/c9-3-1-2-7-6-11-5-4-10-8(11)12-7/h4-6H,1-3,9H2. The van der Waals surface area contributed by atoms with Crippen LogP contribution in [0.25, 0.3) is 5.84 Å². The minimum atomic E-state index is 0.655. The molecule has 0 amide bonds. The molecule has 2 heterocycles. The first kappa shape index (κ1) is 7.36. The summed E-state index contributed by atoms with van der Waals surface area (Å²) in [6.45, 7) is 0.697. The van der Waals surface area contributed by atoms with Crippen LogP contribution in [0.3, 0.4) is 0 Å². The summed E-state index contributed by atoms with van der Waals surface area (Å²) >= 11 is 0. The Hall–Kier alpha value is -1.29. The van der Waals surface area contributed by atoms with Gasteiger partial charge in [-0.1, -0.05) is 0 Å². The first-order valence-electron chi connectivity index (χ1n) is 4.01. The number of fused-ring (bicyclic) bond motifs is 1. The van der Waals surface area contributed by atoms with Gasteiger partial charge in [0.2, 0.25) is 0 Å². The summed E-state index contributed by atoms with van der Waals surface area (Å²) < 4.78 is 7.27. The molecule has 2 rings (SSSR count). The van der Waals surface area contributed by atoms with E-state index in [9.17, 15) is 0 Å². The summed E-state index contributed by atoms with van der Waals surface area (Å²) in [5, 5.41) is 0. The number of nitrogens with two attached hydrogens (primary N) is 1. The number of oxazole rings is 1. The van der Waals surface area contributed by atoms with Crippen molar-refractivity contribution in [2.75, 3.05) is 6.54 Å². The largest absolute Gasteiger partial charge is 0.428 e. The van der Waals surface area contributed by atoms with Gasteiger partial charge in [0.25, 0.3) is 0 Å². The lowest BCUT2D eigenvalue weighted by Gasteiger charge is -1.89. The smallest absolute Gasteiger partial charge is 0.305 e. The second-order valence-corrected chi connectivity index (χ2v) is 2.71. The molecule has 0 saturated carbocycles. The topological polar surface area (TPSA) is 56.5 Å². The van der Waals surface area contributed by atoms with Crippen LogP contribution in [0.15, 0.2) is 23.0 Å². The molecule has 0 saturated heterocycles. The number of hydrogen-bond acceptors (Lipinski definition) is 3. The van der Waals surface area contributed by atoms with Crippen LogP contribution in [0.4, 0.5) is 0 Å². The number of imidazole rings is 1. The van der Waals surface area contributed by atoms with E-state index in [1.807, 2.05) is 16.8 Å². The van der Waals surface area contributed by atoms with E-state index in [0.29, 0.717) is 12.4 Å². The van der Waals surface area contributed by atoms with Crippen LogP contribution in [0, 0.1) is 0 Å². The lowest BCUT2D eigenvalue weighted by molar-refractivity contribution is 0.528. The lowest BCUT2D eigenvalue weighted by Crippen LogP contribution is -1.99. The van der Waals surface area contributed by atoms with Crippen molar-refractivity contribution in [1.82, 2.24) is 9.38 Å². The maximum atomic E-state index is 5.41. The SMILES string of the molecule is NCCCc1cn2ccnc2o1. The van der Waals surface area contributed by atoms with E-state index in [2.05, 4.69) is 4.98 Å². The van der Waals surface area contributed by atoms with Gasteiger partial charge in [-0.05, 0) is 13.0 Å². The average Bonchev–Trinajstić information content (AvgIpc) is 2.58. The van der Waals surface area contributed by atoms with Gasteiger partial charge in [0.15, 0.2) is 0 Å². The Morgan fingerprint density at radius 3 is 3.25 bits per heavy atom. The van der Waals surface area contributed by atoms with Crippen molar-refractivity contribution in [2.24, 2.45) is 5.73 Å². The third kappa shape index (κ3) is 1.21. The fourth-order valence-electron chi connectivity index (χ4n) is 1.17. The van der Waals surface area contributed by atoms with E-state index in [1.54, 1.807) is 6.20 Å². The zero-order valence-electron chi connectivity index (χ0n) is 6.73. The molecule has 0 bridgehead atoms. The van der Waals surface area contributed by atoms with Crippen molar-refractivity contribution in [1.29, 1.82) is 0 Å². The fourth-order valence-corrected chi connectivity index (χ4v) is 1.17. The van der Waals surface area contributed by atoms with Gasteiger partial charge in [-0.15, -0.1) is 0 Å². The number of aryl methyl sites for hydroxylation is 1.